The third-order valence-corrected chi connectivity index (χ3v) is 3.54. The summed E-state index contributed by atoms with van der Waals surface area (Å²) in [5, 5.41) is 3.60. The highest BCUT2D eigenvalue weighted by atomic mass is 16.5. The van der Waals surface area contributed by atoms with Gasteiger partial charge in [0.05, 0.1) is 14.2 Å². The number of methoxy groups -OCH3 is 2. The number of rotatable bonds is 4. The highest BCUT2D eigenvalue weighted by molar-refractivity contribution is 5.60. The van der Waals surface area contributed by atoms with Gasteiger partial charge in [0.25, 0.3) is 0 Å². The van der Waals surface area contributed by atoms with Gasteiger partial charge in [0, 0.05) is 31.0 Å². The monoisotopic (exact) mass is 265 g/mol. The maximum absolute atomic E-state index is 5.49. The van der Waals surface area contributed by atoms with Crippen molar-refractivity contribution in [1.82, 2.24) is 0 Å². The average Bonchev–Trinajstić information content (AvgIpc) is 2.69. The van der Waals surface area contributed by atoms with Gasteiger partial charge >= 0.3 is 0 Å². The first kappa shape index (κ1) is 14.0. The van der Waals surface area contributed by atoms with E-state index in [0.29, 0.717) is 6.04 Å². The molecule has 0 saturated carbocycles. The van der Waals surface area contributed by atoms with E-state index in [2.05, 4.69) is 12.2 Å². The SMILES string of the molecule is COc1cc(C)c(NC2CCCOCC2)cc1OC. The molecule has 0 radical (unpaired) electrons. The van der Waals surface area contributed by atoms with Crippen molar-refractivity contribution in [3.05, 3.63) is 17.7 Å². The molecule has 0 bridgehead atoms. The zero-order valence-corrected chi connectivity index (χ0v) is 12.0. The summed E-state index contributed by atoms with van der Waals surface area (Å²) in [6, 6.07) is 4.49. The Morgan fingerprint density at radius 2 is 1.84 bits per heavy atom. The van der Waals surface area contributed by atoms with Crippen LogP contribution in [0, 0.1) is 6.92 Å². The summed E-state index contributed by atoms with van der Waals surface area (Å²) in [5.74, 6) is 1.54. The second-order valence-electron chi connectivity index (χ2n) is 4.91. The molecule has 1 fully saturated rings. The van der Waals surface area contributed by atoms with Gasteiger partial charge in [-0.2, -0.15) is 0 Å². The maximum atomic E-state index is 5.49. The number of anilines is 1. The summed E-state index contributed by atoms with van der Waals surface area (Å²) in [7, 11) is 3.32. The highest BCUT2D eigenvalue weighted by Crippen LogP contribution is 2.33. The Kier molecular flexibility index (Phi) is 4.91. The van der Waals surface area contributed by atoms with Gasteiger partial charge in [-0.15, -0.1) is 0 Å². The third kappa shape index (κ3) is 3.53. The molecule has 1 heterocycles. The van der Waals surface area contributed by atoms with E-state index in [1.165, 1.54) is 5.56 Å². The lowest BCUT2D eigenvalue weighted by Crippen LogP contribution is -2.20. The molecule has 1 aromatic rings. The van der Waals surface area contributed by atoms with E-state index in [1.54, 1.807) is 14.2 Å². The van der Waals surface area contributed by atoms with E-state index in [0.717, 1.165) is 49.7 Å². The van der Waals surface area contributed by atoms with Gasteiger partial charge in [0.1, 0.15) is 0 Å². The molecule has 0 spiro atoms. The zero-order chi connectivity index (χ0) is 13.7. The lowest BCUT2D eigenvalue weighted by molar-refractivity contribution is 0.144. The molecule has 19 heavy (non-hydrogen) atoms. The van der Waals surface area contributed by atoms with Crippen molar-refractivity contribution < 1.29 is 14.2 Å². The van der Waals surface area contributed by atoms with E-state index < -0.39 is 0 Å². The van der Waals surface area contributed by atoms with E-state index in [-0.39, 0.29) is 0 Å². The van der Waals surface area contributed by atoms with E-state index in [1.807, 2.05) is 12.1 Å². The summed E-state index contributed by atoms with van der Waals surface area (Å²) in [6.45, 7) is 3.80. The fourth-order valence-corrected chi connectivity index (χ4v) is 2.40. The predicted octanol–water partition coefficient (Wildman–Crippen LogP) is 2.99. The van der Waals surface area contributed by atoms with Crippen molar-refractivity contribution in [2.45, 2.75) is 32.2 Å². The van der Waals surface area contributed by atoms with Gasteiger partial charge in [0.15, 0.2) is 11.5 Å². The molecular formula is C15H23NO3. The van der Waals surface area contributed by atoms with Gasteiger partial charge in [-0.3, -0.25) is 0 Å². The van der Waals surface area contributed by atoms with Gasteiger partial charge < -0.3 is 19.5 Å². The number of nitrogens with one attached hydrogen (secondary N) is 1. The van der Waals surface area contributed by atoms with Crippen molar-refractivity contribution in [2.24, 2.45) is 0 Å². The fraction of sp³-hybridized carbons (Fsp3) is 0.600. The van der Waals surface area contributed by atoms with Crippen LogP contribution >= 0.6 is 0 Å². The van der Waals surface area contributed by atoms with Crippen LogP contribution in [0.4, 0.5) is 5.69 Å². The zero-order valence-electron chi connectivity index (χ0n) is 12.0. The van der Waals surface area contributed by atoms with Crippen LogP contribution in [-0.4, -0.2) is 33.5 Å². The molecule has 1 saturated heterocycles. The maximum Gasteiger partial charge on any atom is 0.162 e. The molecule has 1 unspecified atom stereocenters. The van der Waals surface area contributed by atoms with Crippen LogP contribution in [0.15, 0.2) is 12.1 Å². The van der Waals surface area contributed by atoms with Crippen LogP contribution in [0.3, 0.4) is 0 Å². The van der Waals surface area contributed by atoms with Crippen LogP contribution in [-0.2, 0) is 4.74 Å². The Labute approximate surface area is 115 Å². The number of hydrogen-bond donors (Lipinski definition) is 1. The predicted molar refractivity (Wildman–Crippen MR) is 76.4 cm³/mol. The molecule has 4 heteroatoms. The van der Waals surface area contributed by atoms with E-state index in [4.69, 9.17) is 14.2 Å². The molecule has 2 rings (SSSR count). The van der Waals surface area contributed by atoms with Crippen LogP contribution < -0.4 is 14.8 Å². The van der Waals surface area contributed by atoms with Crippen LogP contribution in [0.25, 0.3) is 0 Å². The molecule has 106 valence electrons. The second kappa shape index (κ2) is 6.66. The molecular weight excluding hydrogens is 242 g/mol. The molecule has 1 N–H and O–H groups in total. The van der Waals surface area contributed by atoms with Crippen LogP contribution in [0.2, 0.25) is 0 Å². The third-order valence-electron chi connectivity index (χ3n) is 3.54. The summed E-state index contributed by atoms with van der Waals surface area (Å²) >= 11 is 0. The molecule has 0 aliphatic carbocycles. The summed E-state index contributed by atoms with van der Waals surface area (Å²) in [6.07, 6.45) is 3.31. The first-order valence-corrected chi connectivity index (χ1v) is 6.81. The quantitative estimate of drug-likeness (QED) is 0.908. The van der Waals surface area contributed by atoms with Crippen molar-refractivity contribution in [2.75, 3.05) is 32.8 Å². The van der Waals surface area contributed by atoms with Crippen LogP contribution in [0.5, 0.6) is 11.5 Å². The Morgan fingerprint density at radius 1 is 1.11 bits per heavy atom. The second-order valence-corrected chi connectivity index (χ2v) is 4.91. The minimum absolute atomic E-state index is 0.472. The average molecular weight is 265 g/mol. The lowest BCUT2D eigenvalue weighted by Gasteiger charge is -2.20. The summed E-state index contributed by atoms with van der Waals surface area (Å²) in [4.78, 5) is 0. The molecule has 1 aliphatic heterocycles. The minimum atomic E-state index is 0.472. The highest BCUT2D eigenvalue weighted by Gasteiger charge is 2.15. The number of aryl methyl sites for hydroxylation is 1. The summed E-state index contributed by atoms with van der Waals surface area (Å²) in [5.41, 5.74) is 2.28. The number of benzene rings is 1. The smallest absolute Gasteiger partial charge is 0.162 e. The van der Waals surface area contributed by atoms with Crippen molar-refractivity contribution >= 4 is 5.69 Å². The standard InChI is InChI=1S/C15H23NO3/c1-11-9-14(17-2)15(18-3)10-13(11)16-12-5-4-7-19-8-6-12/h9-10,12,16H,4-8H2,1-3H3. The Morgan fingerprint density at radius 3 is 2.58 bits per heavy atom. The van der Waals surface area contributed by atoms with Gasteiger partial charge in [-0.05, 0) is 37.8 Å². The molecule has 4 nitrogen and oxygen atoms in total. The Balaban J connectivity index is 2.14. The van der Waals surface area contributed by atoms with Crippen molar-refractivity contribution in [3.8, 4) is 11.5 Å². The van der Waals surface area contributed by atoms with Gasteiger partial charge in [0.2, 0.25) is 0 Å². The molecule has 1 aromatic carbocycles. The van der Waals surface area contributed by atoms with Gasteiger partial charge in [-0.25, -0.2) is 0 Å². The van der Waals surface area contributed by atoms with Crippen molar-refractivity contribution in [1.29, 1.82) is 0 Å². The largest absolute Gasteiger partial charge is 0.493 e. The Bertz CT molecular complexity index is 412. The first-order valence-electron chi connectivity index (χ1n) is 6.81. The molecule has 0 amide bonds. The van der Waals surface area contributed by atoms with Crippen molar-refractivity contribution in [3.63, 3.8) is 0 Å². The van der Waals surface area contributed by atoms with Crippen LogP contribution in [0.1, 0.15) is 24.8 Å². The normalized spacial score (nSPS) is 19.6. The Hall–Kier alpha value is -1.42. The van der Waals surface area contributed by atoms with E-state index in [9.17, 15) is 0 Å². The number of ether oxygens (including phenoxy) is 3. The first-order chi connectivity index (χ1) is 9.24. The topological polar surface area (TPSA) is 39.7 Å². The number of hydrogen-bond acceptors (Lipinski definition) is 4. The lowest BCUT2D eigenvalue weighted by atomic mass is 10.1. The summed E-state index contributed by atoms with van der Waals surface area (Å²) < 4.78 is 16.2. The molecule has 1 atom stereocenters. The van der Waals surface area contributed by atoms with Gasteiger partial charge in [-0.1, -0.05) is 0 Å². The molecule has 0 aromatic heterocycles. The fourth-order valence-electron chi connectivity index (χ4n) is 2.40. The minimum Gasteiger partial charge on any atom is -0.493 e. The molecule has 1 aliphatic rings. The van der Waals surface area contributed by atoms with E-state index >= 15 is 0 Å².